The van der Waals surface area contributed by atoms with Crippen LogP contribution in [0.5, 0.6) is 0 Å². The summed E-state index contributed by atoms with van der Waals surface area (Å²) in [4.78, 5) is 11.8. The molecule has 0 aromatic carbocycles. The number of pyridine rings is 1. The van der Waals surface area contributed by atoms with Gasteiger partial charge in [0.2, 0.25) is 0 Å². The number of aromatic nitrogens is 1. The molecule has 1 unspecified atom stereocenters. The fourth-order valence-corrected chi connectivity index (χ4v) is 2.83. The number of fused-ring (bicyclic) bond motifs is 3. The molecule has 18 heavy (non-hydrogen) atoms. The molecule has 3 heteroatoms. The third-order valence-corrected chi connectivity index (χ3v) is 3.69. The van der Waals surface area contributed by atoms with Crippen molar-refractivity contribution in [2.45, 2.75) is 26.2 Å². The number of carbonyl (C=O) groups excluding carboxylic acids is 1. The van der Waals surface area contributed by atoms with Gasteiger partial charge in [-0.25, -0.2) is 0 Å². The molecule has 1 aliphatic rings. The van der Waals surface area contributed by atoms with E-state index in [1.54, 1.807) is 0 Å². The van der Waals surface area contributed by atoms with Crippen molar-refractivity contribution < 1.29 is 9.53 Å². The fourth-order valence-electron chi connectivity index (χ4n) is 2.83. The molecule has 2 aromatic heterocycles. The summed E-state index contributed by atoms with van der Waals surface area (Å²) in [6.45, 7) is 2.33. The highest BCUT2D eigenvalue weighted by atomic mass is 16.5. The van der Waals surface area contributed by atoms with E-state index < -0.39 is 0 Å². The first-order chi connectivity index (χ1) is 8.79. The van der Waals surface area contributed by atoms with Crippen molar-refractivity contribution >= 4 is 11.5 Å². The van der Waals surface area contributed by atoms with Crippen LogP contribution in [0, 0.1) is 5.92 Å². The predicted octanol–water partition coefficient (Wildman–Crippen LogP) is 2.61. The maximum Gasteiger partial charge on any atom is 0.309 e. The van der Waals surface area contributed by atoms with E-state index in [1.165, 1.54) is 16.8 Å². The number of ether oxygens (including phenoxy) is 1. The third kappa shape index (κ3) is 1.80. The van der Waals surface area contributed by atoms with E-state index >= 15 is 0 Å². The molecule has 0 saturated heterocycles. The van der Waals surface area contributed by atoms with Gasteiger partial charge < -0.3 is 9.14 Å². The van der Waals surface area contributed by atoms with Gasteiger partial charge in [-0.2, -0.15) is 0 Å². The Morgan fingerprint density at radius 3 is 3.22 bits per heavy atom. The van der Waals surface area contributed by atoms with Crippen molar-refractivity contribution in [1.82, 2.24) is 4.40 Å². The number of rotatable bonds is 2. The van der Waals surface area contributed by atoms with Crippen molar-refractivity contribution in [2.24, 2.45) is 5.92 Å². The second kappa shape index (κ2) is 4.48. The van der Waals surface area contributed by atoms with Crippen molar-refractivity contribution in [3.05, 3.63) is 41.7 Å². The lowest BCUT2D eigenvalue weighted by Gasteiger charge is -2.21. The van der Waals surface area contributed by atoms with Crippen LogP contribution in [0.2, 0.25) is 0 Å². The lowest BCUT2D eigenvalue weighted by atomic mass is 9.88. The first-order valence-electron chi connectivity index (χ1n) is 6.54. The topological polar surface area (TPSA) is 30.7 Å². The quantitative estimate of drug-likeness (QED) is 0.759. The minimum atomic E-state index is -0.0431. The molecule has 0 bridgehead atoms. The van der Waals surface area contributed by atoms with Crippen LogP contribution >= 0.6 is 0 Å². The van der Waals surface area contributed by atoms with Gasteiger partial charge in [0, 0.05) is 17.4 Å². The minimum Gasteiger partial charge on any atom is -0.466 e. The maximum absolute atomic E-state index is 11.8. The molecule has 1 aliphatic carbocycles. The van der Waals surface area contributed by atoms with Crippen LogP contribution in [-0.2, 0) is 22.4 Å². The van der Waals surface area contributed by atoms with Gasteiger partial charge in [0.1, 0.15) is 0 Å². The summed E-state index contributed by atoms with van der Waals surface area (Å²) in [5, 5.41) is 0. The predicted molar refractivity (Wildman–Crippen MR) is 69.5 cm³/mol. The average Bonchev–Trinajstić information content (AvgIpc) is 2.76. The van der Waals surface area contributed by atoms with E-state index in [0.717, 1.165) is 19.3 Å². The van der Waals surface area contributed by atoms with Crippen LogP contribution < -0.4 is 0 Å². The molecule has 0 amide bonds. The molecule has 94 valence electrons. The minimum absolute atomic E-state index is 0.0369. The van der Waals surface area contributed by atoms with Gasteiger partial charge in [-0.15, -0.1) is 0 Å². The lowest BCUT2D eigenvalue weighted by Crippen LogP contribution is -2.24. The molecule has 0 aliphatic heterocycles. The van der Waals surface area contributed by atoms with Crippen molar-refractivity contribution in [2.75, 3.05) is 6.61 Å². The summed E-state index contributed by atoms with van der Waals surface area (Å²) < 4.78 is 7.36. The maximum atomic E-state index is 11.8. The van der Waals surface area contributed by atoms with Crippen LogP contribution in [0.1, 0.15) is 24.6 Å². The highest BCUT2D eigenvalue weighted by Gasteiger charge is 2.27. The standard InChI is InChI=1S/C15H17NO2/c1-2-18-15(17)11-6-7-14-12(9-11)10-13-5-3-4-8-16(13)14/h3-5,8,10-11H,2,6-7,9H2,1H3. The SMILES string of the molecule is CCOC(=O)C1CCc2c(cc3ccccn23)C1. The molecule has 0 radical (unpaired) electrons. The fraction of sp³-hybridized carbons (Fsp3) is 0.400. The summed E-state index contributed by atoms with van der Waals surface area (Å²) in [5.41, 5.74) is 3.86. The monoisotopic (exact) mass is 243 g/mol. The Bertz CT molecular complexity index is 585. The second-order valence-electron chi connectivity index (χ2n) is 4.80. The van der Waals surface area contributed by atoms with Crippen molar-refractivity contribution in [3.8, 4) is 0 Å². The number of aryl methyl sites for hydroxylation is 1. The number of hydrogen-bond acceptors (Lipinski definition) is 2. The van der Waals surface area contributed by atoms with Crippen LogP contribution in [-0.4, -0.2) is 17.0 Å². The second-order valence-corrected chi connectivity index (χ2v) is 4.80. The number of carbonyl (C=O) groups is 1. The van der Waals surface area contributed by atoms with Crippen LogP contribution in [0.25, 0.3) is 5.52 Å². The van der Waals surface area contributed by atoms with Crippen molar-refractivity contribution in [3.63, 3.8) is 0 Å². The van der Waals surface area contributed by atoms with Crippen LogP contribution in [0.4, 0.5) is 0 Å². The highest BCUT2D eigenvalue weighted by Crippen LogP contribution is 2.29. The molecule has 3 rings (SSSR count). The Labute approximate surface area is 106 Å². The molecular weight excluding hydrogens is 226 g/mol. The Morgan fingerprint density at radius 1 is 1.50 bits per heavy atom. The lowest BCUT2D eigenvalue weighted by molar-refractivity contribution is -0.148. The van der Waals surface area contributed by atoms with E-state index in [-0.39, 0.29) is 11.9 Å². The van der Waals surface area contributed by atoms with Gasteiger partial charge in [0.25, 0.3) is 0 Å². The normalized spacial score (nSPS) is 18.6. The van der Waals surface area contributed by atoms with E-state index in [0.29, 0.717) is 6.61 Å². The van der Waals surface area contributed by atoms with Crippen molar-refractivity contribution in [1.29, 1.82) is 0 Å². The first kappa shape index (κ1) is 11.3. The first-order valence-corrected chi connectivity index (χ1v) is 6.54. The van der Waals surface area contributed by atoms with Gasteiger partial charge >= 0.3 is 5.97 Å². The molecule has 2 heterocycles. The molecule has 2 aromatic rings. The summed E-state index contributed by atoms with van der Waals surface area (Å²) >= 11 is 0. The Kier molecular flexibility index (Phi) is 2.82. The zero-order valence-electron chi connectivity index (χ0n) is 10.6. The van der Waals surface area contributed by atoms with Crippen LogP contribution in [0.3, 0.4) is 0 Å². The Balaban J connectivity index is 1.91. The zero-order chi connectivity index (χ0) is 12.5. The van der Waals surface area contributed by atoms with Gasteiger partial charge in [-0.3, -0.25) is 4.79 Å². The number of nitrogens with zero attached hydrogens (tertiary/aromatic N) is 1. The van der Waals surface area contributed by atoms with E-state index in [4.69, 9.17) is 4.74 Å². The zero-order valence-corrected chi connectivity index (χ0v) is 10.6. The Hall–Kier alpha value is -1.77. The molecule has 0 fully saturated rings. The van der Waals surface area contributed by atoms with Crippen LogP contribution in [0.15, 0.2) is 30.5 Å². The van der Waals surface area contributed by atoms with Gasteiger partial charge in [-0.05, 0) is 49.9 Å². The Morgan fingerprint density at radius 2 is 2.39 bits per heavy atom. The van der Waals surface area contributed by atoms with Gasteiger partial charge in [0.15, 0.2) is 0 Å². The molecule has 0 N–H and O–H groups in total. The number of esters is 1. The highest BCUT2D eigenvalue weighted by molar-refractivity contribution is 5.73. The third-order valence-electron chi connectivity index (χ3n) is 3.69. The number of hydrogen-bond donors (Lipinski definition) is 0. The molecule has 0 saturated carbocycles. The molecule has 0 spiro atoms. The summed E-state index contributed by atoms with van der Waals surface area (Å²) in [6.07, 6.45) is 4.76. The largest absolute Gasteiger partial charge is 0.466 e. The summed E-state index contributed by atoms with van der Waals surface area (Å²) in [6, 6.07) is 8.40. The summed E-state index contributed by atoms with van der Waals surface area (Å²) in [7, 11) is 0. The molecule has 1 atom stereocenters. The van der Waals surface area contributed by atoms with E-state index in [9.17, 15) is 4.79 Å². The van der Waals surface area contributed by atoms with Gasteiger partial charge in [0.05, 0.1) is 12.5 Å². The van der Waals surface area contributed by atoms with E-state index in [2.05, 4.69) is 22.7 Å². The average molecular weight is 243 g/mol. The molecular formula is C15H17NO2. The van der Waals surface area contributed by atoms with Gasteiger partial charge in [-0.1, -0.05) is 6.07 Å². The summed E-state index contributed by atoms with van der Waals surface area (Å²) in [5.74, 6) is -0.00623. The molecule has 3 nitrogen and oxygen atoms in total. The van der Waals surface area contributed by atoms with E-state index in [1.807, 2.05) is 19.1 Å². The smallest absolute Gasteiger partial charge is 0.309 e.